The molecule has 2 nitrogen and oxygen atoms in total. The smallest absolute Gasteiger partial charge is 0.0641 e. The van der Waals surface area contributed by atoms with E-state index in [2.05, 4.69) is 43.4 Å². The zero-order chi connectivity index (χ0) is 13.3. The van der Waals surface area contributed by atoms with Gasteiger partial charge in [-0.25, -0.2) is 0 Å². The Balaban J connectivity index is 1.71. The minimum absolute atomic E-state index is 0.0266. The number of ether oxygens (including phenoxy) is 1. The minimum Gasteiger partial charge on any atom is -0.375 e. The summed E-state index contributed by atoms with van der Waals surface area (Å²) in [6, 6.07) is 9.95. The molecule has 2 aliphatic heterocycles. The Morgan fingerprint density at radius 3 is 2.95 bits per heavy atom. The molecule has 0 bridgehead atoms. The summed E-state index contributed by atoms with van der Waals surface area (Å²) < 4.78 is 5.81. The number of hydrogen-bond donors (Lipinski definition) is 1. The average molecular weight is 277 g/mol. The molecule has 1 fully saturated rings. The molecule has 2 heterocycles. The van der Waals surface area contributed by atoms with Gasteiger partial charge in [0.2, 0.25) is 0 Å². The van der Waals surface area contributed by atoms with Gasteiger partial charge in [0.1, 0.15) is 0 Å². The van der Waals surface area contributed by atoms with Gasteiger partial charge in [0.25, 0.3) is 0 Å². The highest BCUT2D eigenvalue weighted by atomic mass is 32.2. The Bertz CT molecular complexity index is 446. The molecule has 0 radical (unpaired) electrons. The molecule has 3 heteroatoms. The van der Waals surface area contributed by atoms with Crippen LogP contribution in [0.5, 0.6) is 0 Å². The van der Waals surface area contributed by atoms with E-state index in [9.17, 15) is 0 Å². The van der Waals surface area contributed by atoms with Crippen molar-refractivity contribution in [1.82, 2.24) is 5.32 Å². The van der Waals surface area contributed by atoms with Gasteiger partial charge in [0, 0.05) is 23.6 Å². The van der Waals surface area contributed by atoms with E-state index in [0.29, 0.717) is 12.1 Å². The van der Waals surface area contributed by atoms with E-state index in [0.717, 1.165) is 19.4 Å². The largest absolute Gasteiger partial charge is 0.375 e. The maximum atomic E-state index is 5.81. The Labute approximate surface area is 120 Å². The van der Waals surface area contributed by atoms with Gasteiger partial charge in [-0.15, -0.1) is 11.8 Å². The van der Waals surface area contributed by atoms with Crippen molar-refractivity contribution in [3.05, 3.63) is 29.8 Å². The summed E-state index contributed by atoms with van der Waals surface area (Å²) in [5, 5.41) is 3.88. The molecule has 2 aliphatic rings. The standard InChI is InChI=1S/C16H23NOS/c1-16(2)11-12(7-9-18-16)17-14-8-10-19-15-6-4-3-5-13(14)15/h3-6,12,14,17H,7-11H2,1-2H3. The van der Waals surface area contributed by atoms with Crippen LogP contribution in [0, 0.1) is 0 Å². The fourth-order valence-corrected chi connectivity index (χ4v) is 4.30. The van der Waals surface area contributed by atoms with Crippen molar-refractivity contribution in [1.29, 1.82) is 0 Å². The van der Waals surface area contributed by atoms with Gasteiger partial charge in [0.05, 0.1) is 5.60 Å². The molecule has 0 saturated carbocycles. The molecule has 1 aromatic carbocycles. The van der Waals surface area contributed by atoms with Crippen LogP contribution in [-0.2, 0) is 4.74 Å². The lowest BCUT2D eigenvalue weighted by Crippen LogP contribution is -2.45. The predicted octanol–water partition coefficient (Wildman–Crippen LogP) is 3.77. The van der Waals surface area contributed by atoms with E-state index < -0.39 is 0 Å². The second-order valence-corrected chi connectivity index (χ2v) is 7.33. The Morgan fingerprint density at radius 2 is 2.11 bits per heavy atom. The fourth-order valence-electron chi connectivity index (χ4n) is 3.17. The van der Waals surface area contributed by atoms with Crippen LogP contribution in [0.4, 0.5) is 0 Å². The zero-order valence-electron chi connectivity index (χ0n) is 11.8. The van der Waals surface area contributed by atoms with Crippen molar-refractivity contribution >= 4 is 11.8 Å². The minimum atomic E-state index is 0.0266. The van der Waals surface area contributed by atoms with E-state index in [1.54, 1.807) is 0 Å². The van der Waals surface area contributed by atoms with Gasteiger partial charge >= 0.3 is 0 Å². The summed E-state index contributed by atoms with van der Waals surface area (Å²) in [5.74, 6) is 1.22. The summed E-state index contributed by atoms with van der Waals surface area (Å²) in [5.41, 5.74) is 1.52. The van der Waals surface area contributed by atoms with Crippen LogP contribution in [0.15, 0.2) is 29.2 Å². The van der Waals surface area contributed by atoms with Crippen LogP contribution >= 0.6 is 11.8 Å². The highest BCUT2D eigenvalue weighted by molar-refractivity contribution is 7.99. The number of rotatable bonds is 2. The van der Waals surface area contributed by atoms with Crippen molar-refractivity contribution in [3.63, 3.8) is 0 Å². The topological polar surface area (TPSA) is 21.3 Å². The van der Waals surface area contributed by atoms with E-state index in [1.165, 1.54) is 22.6 Å². The second kappa shape index (κ2) is 5.47. The molecule has 0 spiro atoms. The first-order valence-corrected chi connectivity index (χ1v) is 8.24. The molecule has 0 aromatic heterocycles. The first kappa shape index (κ1) is 13.5. The first-order chi connectivity index (χ1) is 9.14. The average Bonchev–Trinajstić information content (AvgIpc) is 2.38. The molecule has 2 atom stereocenters. The van der Waals surface area contributed by atoms with Crippen LogP contribution in [0.1, 0.15) is 44.7 Å². The number of hydrogen-bond acceptors (Lipinski definition) is 3. The Hall–Kier alpha value is -0.510. The highest BCUT2D eigenvalue weighted by Gasteiger charge is 2.31. The summed E-state index contributed by atoms with van der Waals surface area (Å²) in [4.78, 5) is 1.46. The van der Waals surface area contributed by atoms with Crippen molar-refractivity contribution < 1.29 is 4.74 Å². The molecular weight excluding hydrogens is 254 g/mol. The van der Waals surface area contributed by atoms with Gasteiger partial charge < -0.3 is 10.1 Å². The third-order valence-electron chi connectivity index (χ3n) is 4.09. The van der Waals surface area contributed by atoms with Crippen LogP contribution in [0.2, 0.25) is 0 Å². The number of fused-ring (bicyclic) bond motifs is 1. The molecule has 0 aliphatic carbocycles. The molecular formula is C16H23NOS. The summed E-state index contributed by atoms with van der Waals surface area (Å²) >= 11 is 1.99. The quantitative estimate of drug-likeness (QED) is 0.889. The van der Waals surface area contributed by atoms with E-state index in [4.69, 9.17) is 4.74 Å². The van der Waals surface area contributed by atoms with Crippen molar-refractivity contribution in [2.45, 2.75) is 55.7 Å². The van der Waals surface area contributed by atoms with Gasteiger partial charge in [-0.05, 0) is 50.5 Å². The van der Waals surface area contributed by atoms with Crippen molar-refractivity contribution in [3.8, 4) is 0 Å². The molecule has 1 saturated heterocycles. The van der Waals surface area contributed by atoms with Crippen LogP contribution in [0.25, 0.3) is 0 Å². The monoisotopic (exact) mass is 277 g/mol. The lowest BCUT2D eigenvalue weighted by Gasteiger charge is -2.38. The molecule has 104 valence electrons. The SMILES string of the molecule is CC1(C)CC(NC2CCSc3ccccc32)CCO1. The van der Waals surface area contributed by atoms with Crippen LogP contribution in [-0.4, -0.2) is 24.0 Å². The van der Waals surface area contributed by atoms with Crippen molar-refractivity contribution in [2.75, 3.05) is 12.4 Å². The Kier molecular flexibility index (Phi) is 3.88. The highest BCUT2D eigenvalue weighted by Crippen LogP contribution is 2.37. The van der Waals surface area contributed by atoms with E-state index >= 15 is 0 Å². The number of thioether (sulfide) groups is 1. The lowest BCUT2D eigenvalue weighted by molar-refractivity contribution is -0.0643. The maximum absolute atomic E-state index is 5.81. The number of benzene rings is 1. The van der Waals surface area contributed by atoms with E-state index in [-0.39, 0.29) is 5.60 Å². The lowest BCUT2D eigenvalue weighted by atomic mass is 9.92. The maximum Gasteiger partial charge on any atom is 0.0641 e. The zero-order valence-corrected chi connectivity index (χ0v) is 12.6. The molecule has 19 heavy (non-hydrogen) atoms. The summed E-state index contributed by atoms with van der Waals surface area (Å²) in [6.07, 6.45) is 3.48. The van der Waals surface area contributed by atoms with Gasteiger partial charge in [-0.3, -0.25) is 0 Å². The first-order valence-electron chi connectivity index (χ1n) is 7.26. The van der Waals surface area contributed by atoms with Crippen LogP contribution in [0.3, 0.4) is 0 Å². The van der Waals surface area contributed by atoms with E-state index in [1.807, 2.05) is 11.8 Å². The van der Waals surface area contributed by atoms with Gasteiger partial charge in [0.15, 0.2) is 0 Å². The predicted molar refractivity (Wildman–Crippen MR) is 80.7 cm³/mol. The normalized spacial score (nSPS) is 29.8. The summed E-state index contributed by atoms with van der Waals surface area (Å²) in [6.45, 7) is 5.28. The number of nitrogens with one attached hydrogen (secondary N) is 1. The van der Waals surface area contributed by atoms with Gasteiger partial charge in [-0.1, -0.05) is 18.2 Å². The Morgan fingerprint density at radius 1 is 1.26 bits per heavy atom. The molecule has 2 unspecified atom stereocenters. The molecule has 0 amide bonds. The molecule has 1 N–H and O–H groups in total. The van der Waals surface area contributed by atoms with Gasteiger partial charge in [-0.2, -0.15) is 0 Å². The molecule has 3 rings (SSSR count). The fraction of sp³-hybridized carbons (Fsp3) is 0.625. The summed E-state index contributed by atoms with van der Waals surface area (Å²) in [7, 11) is 0. The third kappa shape index (κ3) is 3.15. The second-order valence-electron chi connectivity index (χ2n) is 6.19. The third-order valence-corrected chi connectivity index (χ3v) is 5.22. The van der Waals surface area contributed by atoms with Crippen LogP contribution < -0.4 is 5.32 Å². The molecule has 1 aromatic rings. The van der Waals surface area contributed by atoms with Crippen molar-refractivity contribution in [2.24, 2.45) is 0 Å².